The molecular formula is C17H26N2O2. The fourth-order valence-corrected chi connectivity index (χ4v) is 3.24. The molecule has 4 heteroatoms. The Labute approximate surface area is 127 Å². The van der Waals surface area contributed by atoms with Crippen molar-refractivity contribution in [2.24, 2.45) is 11.7 Å². The molecule has 116 valence electrons. The summed E-state index contributed by atoms with van der Waals surface area (Å²) in [4.78, 5) is 12.6. The maximum atomic E-state index is 12.6. The van der Waals surface area contributed by atoms with E-state index in [0.29, 0.717) is 5.92 Å². The van der Waals surface area contributed by atoms with E-state index in [1.165, 1.54) is 0 Å². The van der Waals surface area contributed by atoms with Gasteiger partial charge in [-0.15, -0.1) is 0 Å². The SMILES string of the molecule is COc1ccccc1C(C)NC(=O)C1(N)CCCC(C)C1. The molecule has 0 aliphatic heterocycles. The van der Waals surface area contributed by atoms with Crippen molar-refractivity contribution in [2.45, 2.75) is 51.1 Å². The minimum Gasteiger partial charge on any atom is -0.496 e. The highest BCUT2D eigenvalue weighted by molar-refractivity contribution is 5.86. The summed E-state index contributed by atoms with van der Waals surface area (Å²) in [6.07, 6.45) is 3.71. The largest absolute Gasteiger partial charge is 0.496 e. The van der Waals surface area contributed by atoms with Crippen LogP contribution in [0.3, 0.4) is 0 Å². The predicted molar refractivity (Wildman–Crippen MR) is 84.1 cm³/mol. The van der Waals surface area contributed by atoms with Crippen LogP contribution in [0.1, 0.15) is 51.1 Å². The highest BCUT2D eigenvalue weighted by Crippen LogP contribution is 2.32. The van der Waals surface area contributed by atoms with Gasteiger partial charge in [0.05, 0.1) is 18.7 Å². The van der Waals surface area contributed by atoms with Gasteiger partial charge in [-0.25, -0.2) is 0 Å². The second-order valence-corrected chi connectivity index (χ2v) is 6.29. The summed E-state index contributed by atoms with van der Waals surface area (Å²) in [7, 11) is 1.64. The molecule has 0 spiro atoms. The lowest BCUT2D eigenvalue weighted by molar-refractivity contribution is -0.128. The summed E-state index contributed by atoms with van der Waals surface area (Å²) in [6.45, 7) is 4.13. The molecule has 0 saturated heterocycles. The zero-order valence-corrected chi connectivity index (χ0v) is 13.2. The second kappa shape index (κ2) is 6.48. The van der Waals surface area contributed by atoms with E-state index in [9.17, 15) is 4.79 Å². The van der Waals surface area contributed by atoms with Crippen molar-refractivity contribution >= 4 is 5.91 Å². The Morgan fingerprint density at radius 2 is 2.19 bits per heavy atom. The fourth-order valence-electron chi connectivity index (χ4n) is 3.24. The Morgan fingerprint density at radius 3 is 2.86 bits per heavy atom. The molecule has 3 unspecified atom stereocenters. The number of carbonyl (C=O) groups excluding carboxylic acids is 1. The Bertz CT molecular complexity index is 503. The van der Waals surface area contributed by atoms with Crippen LogP contribution in [0.2, 0.25) is 0 Å². The molecular weight excluding hydrogens is 264 g/mol. The first-order valence-corrected chi connectivity index (χ1v) is 7.69. The molecule has 2 rings (SSSR count). The Kier molecular flexibility index (Phi) is 4.88. The van der Waals surface area contributed by atoms with Gasteiger partial charge in [-0.1, -0.05) is 38.0 Å². The number of hydrogen-bond acceptors (Lipinski definition) is 3. The Hall–Kier alpha value is -1.55. The Balaban J connectivity index is 2.08. The van der Waals surface area contributed by atoms with E-state index >= 15 is 0 Å². The van der Waals surface area contributed by atoms with Gasteiger partial charge in [0.25, 0.3) is 0 Å². The molecule has 1 aliphatic rings. The average Bonchev–Trinajstić information content (AvgIpc) is 2.46. The topological polar surface area (TPSA) is 64.3 Å². The molecule has 0 aromatic heterocycles. The summed E-state index contributed by atoms with van der Waals surface area (Å²) in [6, 6.07) is 7.62. The van der Waals surface area contributed by atoms with Crippen LogP contribution in [0, 0.1) is 5.92 Å². The third-order valence-electron chi connectivity index (χ3n) is 4.44. The van der Waals surface area contributed by atoms with Crippen molar-refractivity contribution in [3.8, 4) is 5.75 Å². The van der Waals surface area contributed by atoms with Crippen LogP contribution in [0.5, 0.6) is 5.75 Å². The van der Waals surface area contributed by atoms with Crippen molar-refractivity contribution in [1.29, 1.82) is 0 Å². The van der Waals surface area contributed by atoms with E-state index in [1.54, 1.807) is 7.11 Å². The number of nitrogens with one attached hydrogen (secondary N) is 1. The first-order valence-electron chi connectivity index (χ1n) is 7.69. The molecule has 0 heterocycles. The van der Waals surface area contributed by atoms with E-state index in [4.69, 9.17) is 10.5 Å². The standard InChI is InChI=1S/C17H26N2O2/c1-12-7-6-10-17(18,11-12)16(20)19-13(2)14-8-4-5-9-15(14)21-3/h4-5,8-9,12-13H,6-7,10-11,18H2,1-3H3,(H,19,20). The molecule has 1 saturated carbocycles. The smallest absolute Gasteiger partial charge is 0.240 e. The van der Waals surface area contributed by atoms with E-state index in [0.717, 1.165) is 37.0 Å². The van der Waals surface area contributed by atoms with Gasteiger partial charge in [-0.05, 0) is 31.7 Å². The number of rotatable bonds is 4. The van der Waals surface area contributed by atoms with Crippen molar-refractivity contribution in [3.05, 3.63) is 29.8 Å². The monoisotopic (exact) mass is 290 g/mol. The molecule has 21 heavy (non-hydrogen) atoms. The van der Waals surface area contributed by atoms with Crippen LogP contribution in [0.4, 0.5) is 0 Å². The lowest BCUT2D eigenvalue weighted by Gasteiger charge is -2.36. The third-order valence-corrected chi connectivity index (χ3v) is 4.44. The van der Waals surface area contributed by atoms with Crippen molar-refractivity contribution in [3.63, 3.8) is 0 Å². The van der Waals surface area contributed by atoms with Gasteiger partial charge in [0.15, 0.2) is 0 Å². The van der Waals surface area contributed by atoms with Gasteiger partial charge in [0.1, 0.15) is 5.75 Å². The van der Waals surface area contributed by atoms with E-state index < -0.39 is 5.54 Å². The summed E-state index contributed by atoms with van der Waals surface area (Å²) in [5.41, 5.74) is 6.59. The lowest BCUT2D eigenvalue weighted by Crippen LogP contribution is -2.56. The van der Waals surface area contributed by atoms with Crippen molar-refractivity contribution in [2.75, 3.05) is 7.11 Å². The summed E-state index contributed by atoms with van der Waals surface area (Å²) < 4.78 is 5.35. The summed E-state index contributed by atoms with van der Waals surface area (Å²) in [5.74, 6) is 1.25. The molecule has 1 amide bonds. The maximum absolute atomic E-state index is 12.6. The van der Waals surface area contributed by atoms with Gasteiger partial charge < -0.3 is 15.8 Å². The number of carbonyl (C=O) groups is 1. The number of hydrogen-bond donors (Lipinski definition) is 2. The zero-order chi connectivity index (χ0) is 15.5. The fraction of sp³-hybridized carbons (Fsp3) is 0.588. The number of ether oxygens (including phenoxy) is 1. The molecule has 3 atom stereocenters. The molecule has 1 fully saturated rings. The molecule has 0 radical (unpaired) electrons. The van der Waals surface area contributed by atoms with Crippen LogP contribution < -0.4 is 15.8 Å². The molecule has 1 aromatic carbocycles. The van der Waals surface area contributed by atoms with E-state index in [-0.39, 0.29) is 11.9 Å². The van der Waals surface area contributed by atoms with Gasteiger partial charge in [-0.3, -0.25) is 4.79 Å². The van der Waals surface area contributed by atoms with Gasteiger partial charge in [-0.2, -0.15) is 0 Å². The minimum atomic E-state index is -0.728. The van der Waals surface area contributed by atoms with Crippen LogP contribution in [0.25, 0.3) is 0 Å². The number of amides is 1. The average molecular weight is 290 g/mol. The van der Waals surface area contributed by atoms with Crippen LogP contribution in [-0.2, 0) is 4.79 Å². The van der Waals surface area contributed by atoms with Gasteiger partial charge >= 0.3 is 0 Å². The molecule has 1 aliphatic carbocycles. The lowest BCUT2D eigenvalue weighted by atomic mass is 9.76. The second-order valence-electron chi connectivity index (χ2n) is 6.29. The molecule has 3 N–H and O–H groups in total. The zero-order valence-electron chi connectivity index (χ0n) is 13.2. The van der Waals surface area contributed by atoms with Crippen LogP contribution in [-0.4, -0.2) is 18.6 Å². The highest BCUT2D eigenvalue weighted by atomic mass is 16.5. The first kappa shape index (κ1) is 15.8. The van der Waals surface area contributed by atoms with Gasteiger partial charge in [0.2, 0.25) is 5.91 Å². The normalized spacial score (nSPS) is 27.0. The number of para-hydroxylation sites is 1. The number of benzene rings is 1. The first-order chi connectivity index (χ1) is 9.96. The van der Waals surface area contributed by atoms with Crippen LogP contribution in [0.15, 0.2) is 24.3 Å². The molecule has 1 aromatic rings. The Morgan fingerprint density at radius 1 is 1.48 bits per heavy atom. The van der Waals surface area contributed by atoms with Gasteiger partial charge in [0, 0.05) is 5.56 Å². The van der Waals surface area contributed by atoms with Crippen molar-refractivity contribution in [1.82, 2.24) is 5.32 Å². The summed E-state index contributed by atoms with van der Waals surface area (Å²) >= 11 is 0. The third kappa shape index (κ3) is 3.56. The molecule has 4 nitrogen and oxygen atoms in total. The van der Waals surface area contributed by atoms with Crippen molar-refractivity contribution < 1.29 is 9.53 Å². The number of methoxy groups -OCH3 is 1. The van der Waals surface area contributed by atoms with E-state index in [1.807, 2.05) is 31.2 Å². The molecule has 0 bridgehead atoms. The minimum absolute atomic E-state index is 0.0487. The predicted octanol–water partition coefficient (Wildman–Crippen LogP) is 2.78. The highest BCUT2D eigenvalue weighted by Gasteiger charge is 2.38. The van der Waals surface area contributed by atoms with E-state index in [2.05, 4.69) is 12.2 Å². The summed E-state index contributed by atoms with van der Waals surface area (Å²) in [5, 5.41) is 3.06. The van der Waals surface area contributed by atoms with Crippen LogP contribution >= 0.6 is 0 Å². The maximum Gasteiger partial charge on any atom is 0.240 e. The number of nitrogens with two attached hydrogens (primary N) is 1. The quantitative estimate of drug-likeness (QED) is 0.896.